The van der Waals surface area contributed by atoms with E-state index in [9.17, 15) is 19.8 Å². The number of likely N-dealkylation sites (tertiary alicyclic amines) is 1. The van der Waals surface area contributed by atoms with E-state index >= 15 is 0 Å². The van der Waals surface area contributed by atoms with Crippen molar-refractivity contribution in [2.75, 3.05) is 19.6 Å². The second kappa shape index (κ2) is 13.4. The largest absolute Gasteiger partial charge is 0.508 e. The van der Waals surface area contributed by atoms with Crippen LogP contribution in [-0.2, 0) is 22.4 Å². The summed E-state index contributed by atoms with van der Waals surface area (Å²) in [6, 6.07) is 25.9. The number of nitrogens with zero attached hydrogens (tertiary/aromatic N) is 2. The Morgan fingerprint density at radius 3 is 2.26 bits per heavy atom. The van der Waals surface area contributed by atoms with Crippen molar-refractivity contribution in [1.82, 2.24) is 9.80 Å². The molecule has 1 fully saturated rings. The van der Waals surface area contributed by atoms with Gasteiger partial charge in [0.2, 0.25) is 5.91 Å². The maximum atomic E-state index is 13.8. The molecule has 3 aromatic carbocycles. The fourth-order valence-corrected chi connectivity index (χ4v) is 5.79. The summed E-state index contributed by atoms with van der Waals surface area (Å²) in [5.74, 6) is -0.0108. The standard InChI is InChI=1S/C33H40N2O4/c1-24-16-19-34(32(25(24)2)28-14-9-15-29(36)23-28)20-18-31(37)35(21-17-26-10-5-3-6-11-26)30(33(38)39)22-27-12-7-4-8-13-27/h3-15,23-25,30,32,36H,16-22H2,1-2H3,(H,38,39)/t24-,25-,30+,32?/m1/s1. The summed E-state index contributed by atoms with van der Waals surface area (Å²) in [6.45, 7) is 6.23. The van der Waals surface area contributed by atoms with E-state index in [0.717, 1.165) is 29.7 Å². The maximum absolute atomic E-state index is 13.8. The Bertz CT molecular complexity index is 1220. The maximum Gasteiger partial charge on any atom is 0.326 e. The third kappa shape index (κ3) is 7.48. The Balaban J connectivity index is 1.53. The topological polar surface area (TPSA) is 81.1 Å². The van der Waals surface area contributed by atoms with E-state index in [1.807, 2.05) is 78.9 Å². The van der Waals surface area contributed by atoms with Gasteiger partial charge in [0.05, 0.1) is 0 Å². The Labute approximate surface area is 231 Å². The van der Waals surface area contributed by atoms with Gasteiger partial charge in [-0.15, -0.1) is 0 Å². The first-order valence-corrected chi connectivity index (χ1v) is 14.0. The number of carboxylic acid groups (broad SMARTS) is 1. The van der Waals surface area contributed by atoms with Gasteiger partial charge in [-0.25, -0.2) is 4.79 Å². The van der Waals surface area contributed by atoms with Gasteiger partial charge >= 0.3 is 5.97 Å². The van der Waals surface area contributed by atoms with E-state index < -0.39 is 12.0 Å². The molecule has 206 valence electrons. The zero-order valence-corrected chi connectivity index (χ0v) is 22.9. The number of aliphatic carboxylic acids is 1. The number of amides is 1. The molecule has 39 heavy (non-hydrogen) atoms. The molecule has 1 unspecified atom stereocenters. The minimum Gasteiger partial charge on any atom is -0.508 e. The zero-order valence-electron chi connectivity index (χ0n) is 22.9. The van der Waals surface area contributed by atoms with E-state index in [4.69, 9.17) is 0 Å². The number of carboxylic acids is 1. The van der Waals surface area contributed by atoms with Gasteiger partial charge in [-0.2, -0.15) is 0 Å². The van der Waals surface area contributed by atoms with Crippen LogP contribution in [0, 0.1) is 11.8 Å². The van der Waals surface area contributed by atoms with E-state index in [0.29, 0.717) is 31.3 Å². The van der Waals surface area contributed by atoms with E-state index in [-0.39, 0.29) is 30.5 Å². The van der Waals surface area contributed by atoms with Crippen LogP contribution in [0.3, 0.4) is 0 Å². The van der Waals surface area contributed by atoms with Gasteiger partial charge < -0.3 is 15.1 Å². The molecule has 0 aromatic heterocycles. The average Bonchev–Trinajstić information content (AvgIpc) is 2.94. The molecular formula is C33H40N2O4. The van der Waals surface area contributed by atoms with Crippen molar-refractivity contribution in [3.05, 3.63) is 102 Å². The lowest BCUT2D eigenvalue weighted by molar-refractivity contribution is -0.150. The highest BCUT2D eigenvalue weighted by atomic mass is 16.4. The van der Waals surface area contributed by atoms with Crippen LogP contribution in [0.25, 0.3) is 0 Å². The second-order valence-corrected chi connectivity index (χ2v) is 10.8. The van der Waals surface area contributed by atoms with E-state index in [1.165, 1.54) is 0 Å². The molecule has 1 amide bonds. The smallest absolute Gasteiger partial charge is 0.326 e. The minimum atomic E-state index is -0.988. The van der Waals surface area contributed by atoms with E-state index in [1.54, 1.807) is 11.0 Å². The van der Waals surface area contributed by atoms with Crippen molar-refractivity contribution < 1.29 is 19.8 Å². The van der Waals surface area contributed by atoms with Crippen LogP contribution in [0.15, 0.2) is 84.9 Å². The Morgan fingerprint density at radius 2 is 1.62 bits per heavy atom. The molecule has 1 saturated heterocycles. The van der Waals surface area contributed by atoms with Crippen LogP contribution in [-0.4, -0.2) is 57.6 Å². The van der Waals surface area contributed by atoms with Crippen LogP contribution in [0.1, 0.15) is 49.4 Å². The molecular weight excluding hydrogens is 488 g/mol. The van der Waals surface area contributed by atoms with Crippen molar-refractivity contribution >= 4 is 11.9 Å². The molecule has 0 radical (unpaired) electrons. The summed E-state index contributed by atoms with van der Waals surface area (Å²) in [5.41, 5.74) is 3.02. The summed E-state index contributed by atoms with van der Waals surface area (Å²) < 4.78 is 0. The van der Waals surface area contributed by atoms with Crippen LogP contribution in [0.2, 0.25) is 0 Å². The predicted octanol–water partition coefficient (Wildman–Crippen LogP) is 5.57. The normalized spacial score (nSPS) is 20.3. The molecule has 1 aliphatic heterocycles. The molecule has 0 saturated carbocycles. The molecule has 0 spiro atoms. The first-order valence-electron chi connectivity index (χ1n) is 14.0. The lowest BCUT2D eigenvalue weighted by Gasteiger charge is -2.44. The van der Waals surface area contributed by atoms with Gasteiger partial charge in [0.25, 0.3) is 0 Å². The summed E-state index contributed by atoms with van der Waals surface area (Å²) in [7, 11) is 0. The zero-order chi connectivity index (χ0) is 27.8. The number of hydrogen-bond donors (Lipinski definition) is 2. The molecule has 4 rings (SSSR count). The Hall–Kier alpha value is -3.64. The fourth-order valence-electron chi connectivity index (χ4n) is 5.79. The highest BCUT2D eigenvalue weighted by molar-refractivity contribution is 5.84. The summed E-state index contributed by atoms with van der Waals surface area (Å²) in [5, 5.41) is 20.3. The molecule has 3 aromatic rings. The highest BCUT2D eigenvalue weighted by Crippen LogP contribution is 2.40. The number of phenols is 1. The number of piperidine rings is 1. The first-order chi connectivity index (χ1) is 18.8. The van der Waals surface area contributed by atoms with Gasteiger partial charge in [0.15, 0.2) is 0 Å². The molecule has 6 nitrogen and oxygen atoms in total. The monoisotopic (exact) mass is 528 g/mol. The second-order valence-electron chi connectivity index (χ2n) is 10.8. The van der Waals surface area contributed by atoms with Gasteiger partial charge in [-0.1, -0.05) is 86.6 Å². The SMILES string of the molecule is C[C@@H]1CCN(CCC(=O)N(CCc2ccccc2)[C@@H](Cc2ccccc2)C(=O)O)C(c2cccc(O)c2)[C@@H]1C. The van der Waals surface area contributed by atoms with Crippen LogP contribution < -0.4 is 0 Å². The summed E-state index contributed by atoms with van der Waals surface area (Å²) >= 11 is 0. The number of carbonyl (C=O) groups excluding carboxylic acids is 1. The van der Waals surface area contributed by atoms with Crippen LogP contribution >= 0.6 is 0 Å². The number of benzene rings is 3. The molecule has 4 atom stereocenters. The first kappa shape index (κ1) is 28.4. The Morgan fingerprint density at radius 1 is 0.949 bits per heavy atom. The number of phenolic OH excluding ortho intramolecular Hbond substituents is 1. The Kier molecular flexibility index (Phi) is 9.77. The highest BCUT2D eigenvalue weighted by Gasteiger charge is 2.35. The predicted molar refractivity (Wildman–Crippen MR) is 153 cm³/mol. The van der Waals surface area contributed by atoms with Gasteiger partial charge in [0.1, 0.15) is 11.8 Å². The third-order valence-electron chi connectivity index (χ3n) is 8.22. The van der Waals surface area contributed by atoms with Crippen LogP contribution in [0.4, 0.5) is 0 Å². The number of hydrogen-bond acceptors (Lipinski definition) is 4. The number of carbonyl (C=O) groups is 2. The fraction of sp³-hybridized carbons (Fsp3) is 0.394. The van der Waals surface area contributed by atoms with Crippen molar-refractivity contribution in [2.45, 2.75) is 51.6 Å². The molecule has 6 heteroatoms. The average molecular weight is 529 g/mol. The van der Waals surface area contributed by atoms with Gasteiger partial charge in [0, 0.05) is 32.0 Å². The molecule has 1 heterocycles. The minimum absolute atomic E-state index is 0.0889. The van der Waals surface area contributed by atoms with E-state index in [2.05, 4.69) is 18.7 Å². The quantitative estimate of drug-likeness (QED) is 0.340. The van der Waals surface area contributed by atoms with Crippen molar-refractivity contribution in [2.24, 2.45) is 11.8 Å². The molecule has 1 aliphatic rings. The third-order valence-corrected chi connectivity index (χ3v) is 8.22. The number of rotatable bonds is 11. The summed E-state index contributed by atoms with van der Waals surface area (Å²) in [6.07, 6.45) is 2.13. The van der Waals surface area contributed by atoms with Crippen molar-refractivity contribution in [1.29, 1.82) is 0 Å². The number of aromatic hydroxyl groups is 1. The van der Waals surface area contributed by atoms with Gasteiger partial charge in [-0.3, -0.25) is 9.69 Å². The van der Waals surface area contributed by atoms with Crippen LogP contribution in [0.5, 0.6) is 5.75 Å². The molecule has 0 aliphatic carbocycles. The molecule has 2 N–H and O–H groups in total. The lowest BCUT2D eigenvalue weighted by atomic mass is 9.79. The lowest BCUT2D eigenvalue weighted by Crippen LogP contribution is -2.49. The molecule has 0 bridgehead atoms. The summed E-state index contributed by atoms with van der Waals surface area (Å²) in [4.78, 5) is 30.2. The van der Waals surface area contributed by atoms with Gasteiger partial charge in [-0.05, 0) is 60.0 Å². The van der Waals surface area contributed by atoms with Crippen molar-refractivity contribution in [3.63, 3.8) is 0 Å². The van der Waals surface area contributed by atoms with Crippen molar-refractivity contribution in [3.8, 4) is 5.75 Å².